The Morgan fingerprint density at radius 1 is 1.56 bits per heavy atom. The number of rotatable bonds is 4. The molecular formula is C12H16ClNO4. The first-order valence-corrected chi connectivity index (χ1v) is 6.10. The van der Waals surface area contributed by atoms with Crippen molar-refractivity contribution in [3.05, 3.63) is 17.2 Å². The van der Waals surface area contributed by atoms with Gasteiger partial charge in [-0.15, -0.1) is 0 Å². The standard InChI is InChI=1S/C12H16ClNO4/c1-17-12(16)2-3-14-4-5-18-11-7-10(15)8(13)6-9(11)14/h6-7,12,15-16H,2-5H2,1H3. The Hall–Kier alpha value is -1.17. The molecule has 1 heterocycles. The summed E-state index contributed by atoms with van der Waals surface area (Å²) in [6, 6.07) is 3.18. The molecule has 6 heteroatoms. The van der Waals surface area contributed by atoms with Crippen LogP contribution in [0.2, 0.25) is 5.02 Å². The van der Waals surface area contributed by atoms with Crippen LogP contribution in [0.1, 0.15) is 6.42 Å². The first-order chi connectivity index (χ1) is 8.61. The maximum atomic E-state index is 9.53. The molecule has 0 bridgehead atoms. The van der Waals surface area contributed by atoms with Crippen LogP contribution in [-0.4, -0.2) is 43.3 Å². The lowest BCUT2D eigenvalue weighted by Crippen LogP contribution is -2.35. The summed E-state index contributed by atoms with van der Waals surface area (Å²) < 4.78 is 10.3. The number of hydrogen-bond acceptors (Lipinski definition) is 5. The zero-order valence-corrected chi connectivity index (χ0v) is 10.9. The molecule has 1 aromatic rings. The Morgan fingerprint density at radius 3 is 3.06 bits per heavy atom. The highest BCUT2D eigenvalue weighted by atomic mass is 35.5. The molecule has 1 atom stereocenters. The molecule has 0 aromatic heterocycles. The Bertz CT molecular complexity index is 427. The molecule has 1 unspecified atom stereocenters. The summed E-state index contributed by atoms with van der Waals surface area (Å²) in [5.41, 5.74) is 0.826. The van der Waals surface area contributed by atoms with E-state index in [0.717, 1.165) is 5.69 Å². The number of aromatic hydroxyl groups is 1. The Morgan fingerprint density at radius 2 is 2.33 bits per heavy atom. The minimum Gasteiger partial charge on any atom is -0.506 e. The lowest BCUT2D eigenvalue weighted by Gasteiger charge is -2.32. The van der Waals surface area contributed by atoms with Gasteiger partial charge in [-0.05, 0) is 6.07 Å². The highest BCUT2D eigenvalue weighted by Crippen LogP contribution is 2.39. The summed E-state index contributed by atoms with van der Waals surface area (Å²) in [4.78, 5) is 2.05. The molecule has 0 aliphatic carbocycles. The predicted octanol–water partition coefficient (Wildman–Crippen LogP) is 1.60. The average molecular weight is 274 g/mol. The van der Waals surface area contributed by atoms with E-state index in [1.54, 1.807) is 6.07 Å². The van der Waals surface area contributed by atoms with Crippen molar-refractivity contribution in [2.75, 3.05) is 31.7 Å². The lowest BCUT2D eigenvalue weighted by molar-refractivity contribution is -0.0766. The molecule has 1 aromatic carbocycles. The van der Waals surface area contributed by atoms with Crippen LogP contribution >= 0.6 is 11.6 Å². The fraction of sp³-hybridized carbons (Fsp3) is 0.500. The SMILES string of the molecule is COC(O)CCN1CCOc2cc(O)c(Cl)cc21. The molecule has 100 valence electrons. The fourth-order valence-corrected chi connectivity index (χ4v) is 2.06. The van der Waals surface area contributed by atoms with Crippen molar-refractivity contribution in [3.8, 4) is 11.5 Å². The third kappa shape index (κ3) is 2.80. The molecule has 1 aliphatic heterocycles. The van der Waals surface area contributed by atoms with E-state index in [1.165, 1.54) is 13.2 Å². The zero-order valence-electron chi connectivity index (χ0n) is 10.1. The molecule has 5 nitrogen and oxygen atoms in total. The van der Waals surface area contributed by atoms with Crippen LogP contribution in [0.25, 0.3) is 0 Å². The molecule has 2 N–H and O–H groups in total. The van der Waals surface area contributed by atoms with Gasteiger partial charge in [-0.25, -0.2) is 0 Å². The van der Waals surface area contributed by atoms with Gasteiger partial charge in [-0.3, -0.25) is 0 Å². The number of methoxy groups -OCH3 is 1. The normalized spacial score (nSPS) is 16.1. The topological polar surface area (TPSA) is 62.2 Å². The summed E-state index contributed by atoms with van der Waals surface area (Å²) in [7, 11) is 1.47. The van der Waals surface area contributed by atoms with E-state index in [0.29, 0.717) is 31.9 Å². The largest absolute Gasteiger partial charge is 0.506 e. The smallest absolute Gasteiger partial charge is 0.155 e. The van der Waals surface area contributed by atoms with Gasteiger partial charge in [-0.1, -0.05) is 11.6 Å². The number of phenolic OH excluding ortho intramolecular Hbond substituents is 1. The lowest BCUT2D eigenvalue weighted by atomic mass is 10.2. The Kier molecular flexibility index (Phi) is 4.16. The van der Waals surface area contributed by atoms with Crippen molar-refractivity contribution in [1.82, 2.24) is 0 Å². The monoisotopic (exact) mass is 273 g/mol. The Balaban J connectivity index is 2.14. The number of aliphatic hydroxyl groups is 1. The van der Waals surface area contributed by atoms with Crippen LogP contribution in [0.15, 0.2) is 12.1 Å². The van der Waals surface area contributed by atoms with E-state index < -0.39 is 6.29 Å². The number of fused-ring (bicyclic) bond motifs is 1. The maximum absolute atomic E-state index is 9.53. The number of ether oxygens (including phenoxy) is 2. The number of phenols is 1. The van der Waals surface area contributed by atoms with Gasteiger partial charge in [-0.2, -0.15) is 0 Å². The molecule has 0 spiro atoms. The van der Waals surface area contributed by atoms with Gasteiger partial charge >= 0.3 is 0 Å². The van der Waals surface area contributed by atoms with Crippen molar-refractivity contribution in [3.63, 3.8) is 0 Å². The minimum atomic E-state index is -0.774. The fourth-order valence-electron chi connectivity index (χ4n) is 1.90. The van der Waals surface area contributed by atoms with Crippen molar-refractivity contribution in [2.24, 2.45) is 0 Å². The van der Waals surface area contributed by atoms with Crippen LogP contribution in [0, 0.1) is 0 Å². The van der Waals surface area contributed by atoms with Gasteiger partial charge in [0.15, 0.2) is 6.29 Å². The van der Waals surface area contributed by atoms with Crippen molar-refractivity contribution >= 4 is 17.3 Å². The van der Waals surface area contributed by atoms with Crippen molar-refractivity contribution < 1.29 is 19.7 Å². The zero-order chi connectivity index (χ0) is 13.1. The highest BCUT2D eigenvalue weighted by molar-refractivity contribution is 6.32. The third-order valence-electron chi connectivity index (χ3n) is 2.91. The first kappa shape index (κ1) is 13.3. The minimum absolute atomic E-state index is 0.00851. The van der Waals surface area contributed by atoms with E-state index in [2.05, 4.69) is 0 Å². The van der Waals surface area contributed by atoms with Crippen LogP contribution in [-0.2, 0) is 4.74 Å². The summed E-state index contributed by atoms with van der Waals surface area (Å²) in [6.45, 7) is 1.88. The number of halogens is 1. The molecular weight excluding hydrogens is 258 g/mol. The maximum Gasteiger partial charge on any atom is 0.155 e. The molecule has 0 radical (unpaired) electrons. The number of hydrogen-bond donors (Lipinski definition) is 2. The van der Waals surface area contributed by atoms with Crippen LogP contribution < -0.4 is 9.64 Å². The molecule has 18 heavy (non-hydrogen) atoms. The highest BCUT2D eigenvalue weighted by Gasteiger charge is 2.20. The second kappa shape index (κ2) is 5.65. The molecule has 0 saturated carbocycles. The average Bonchev–Trinajstić information content (AvgIpc) is 2.37. The third-order valence-corrected chi connectivity index (χ3v) is 3.21. The van der Waals surface area contributed by atoms with E-state index in [-0.39, 0.29) is 10.8 Å². The van der Waals surface area contributed by atoms with E-state index >= 15 is 0 Å². The second-order valence-corrected chi connectivity index (χ2v) is 4.49. The predicted molar refractivity (Wildman–Crippen MR) is 68.5 cm³/mol. The number of nitrogens with zero attached hydrogens (tertiary/aromatic N) is 1. The van der Waals surface area contributed by atoms with Gasteiger partial charge in [0.25, 0.3) is 0 Å². The van der Waals surface area contributed by atoms with Crippen molar-refractivity contribution in [2.45, 2.75) is 12.7 Å². The van der Waals surface area contributed by atoms with E-state index in [4.69, 9.17) is 21.1 Å². The first-order valence-electron chi connectivity index (χ1n) is 5.73. The molecule has 2 rings (SSSR count). The Labute approximate surface area is 110 Å². The summed E-state index contributed by atoms with van der Waals surface area (Å²) >= 11 is 5.89. The van der Waals surface area contributed by atoms with Gasteiger partial charge in [0.05, 0.1) is 17.3 Å². The van der Waals surface area contributed by atoms with E-state index in [9.17, 15) is 10.2 Å². The van der Waals surface area contributed by atoms with E-state index in [1.807, 2.05) is 4.90 Å². The van der Waals surface area contributed by atoms with Crippen LogP contribution in [0.5, 0.6) is 11.5 Å². The molecule has 1 aliphatic rings. The van der Waals surface area contributed by atoms with Crippen LogP contribution in [0.3, 0.4) is 0 Å². The quantitative estimate of drug-likeness (QED) is 0.816. The van der Waals surface area contributed by atoms with Crippen molar-refractivity contribution in [1.29, 1.82) is 0 Å². The van der Waals surface area contributed by atoms with Gasteiger partial charge in [0.2, 0.25) is 0 Å². The molecule has 0 saturated heterocycles. The summed E-state index contributed by atoms with van der Waals surface area (Å²) in [6.07, 6.45) is -0.280. The van der Waals surface area contributed by atoms with Gasteiger partial charge in [0, 0.05) is 26.1 Å². The van der Waals surface area contributed by atoms with Gasteiger partial charge < -0.3 is 24.6 Å². The summed E-state index contributed by atoms with van der Waals surface area (Å²) in [5.74, 6) is 0.615. The molecule has 0 fully saturated rings. The van der Waals surface area contributed by atoms with Gasteiger partial charge in [0.1, 0.15) is 18.1 Å². The number of benzene rings is 1. The van der Waals surface area contributed by atoms with Crippen LogP contribution in [0.4, 0.5) is 5.69 Å². The number of aliphatic hydroxyl groups excluding tert-OH is 1. The molecule has 0 amide bonds. The second-order valence-electron chi connectivity index (χ2n) is 4.09. The number of anilines is 1. The summed E-state index contributed by atoms with van der Waals surface area (Å²) in [5, 5.41) is 19.2.